The summed E-state index contributed by atoms with van der Waals surface area (Å²) >= 11 is 18.1. The van der Waals surface area contributed by atoms with Gasteiger partial charge in [0.25, 0.3) is 0 Å². The normalized spacial score (nSPS) is 21.6. The third kappa shape index (κ3) is 8.57. The molecule has 0 radical (unpaired) electrons. The number of hydrogen-bond donors (Lipinski definition) is 1. The van der Waals surface area contributed by atoms with Gasteiger partial charge in [0.05, 0.1) is 16.7 Å². The van der Waals surface area contributed by atoms with E-state index in [0.29, 0.717) is 12.0 Å². The fourth-order valence-corrected chi connectivity index (χ4v) is 8.43. The number of benzene rings is 2. The number of ether oxygens (including phenoxy) is 1. The minimum atomic E-state index is -3.96. The minimum Gasteiger partial charge on any atom is -0.370 e. The van der Waals surface area contributed by atoms with Gasteiger partial charge in [0.2, 0.25) is 15.9 Å². The first-order valence-corrected chi connectivity index (χ1v) is 16.6. The maximum Gasteiger partial charge on any atom is 0.246 e. The molecular weight excluding hydrogens is 607 g/mol. The Kier molecular flexibility index (Phi) is 11.8. The summed E-state index contributed by atoms with van der Waals surface area (Å²) in [6.45, 7) is 4.24. The van der Waals surface area contributed by atoms with Gasteiger partial charge in [-0.1, -0.05) is 65.1 Å². The summed E-state index contributed by atoms with van der Waals surface area (Å²) in [7, 11) is -0.373. The van der Waals surface area contributed by atoms with Gasteiger partial charge in [-0.3, -0.25) is 9.69 Å². The number of carbonyl (C=O) groups is 1. The van der Waals surface area contributed by atoms with Crippen molar-refractivity contribution in [2.45, 2.75) is 42.7 Å². The van der Waals surface area contributed by atoms with Crippen LogP contribution in [0.4, 0.5) is 0 Å². The van der Waals surface area contributed by atoms with Crippen molar-refractivity contribution in [3.05, 3.63) is 63.1 Å². The second kappa shape index (κ2) is 14.8. The number of piperazine rings is 1. The number of sulfonamides is 1. The van der Waals surface area contributed by atoms with Crippen LogP contribution in [0.25, 0.3) is 0 Å². The van der Waals surface area contributed by atoms with E-state index in [1.165, 1.54) is 24.7 Å². The van der Waals surface area contributed by atoms with E-state index in [4.69, 9.17) is 39.5 Å². The van der Waals surface area contributed by atoms with Crippen molar-refractivity contribution in [3.8, 4) is 0 Å². The molecule has 2 aromatic rings. The Bertz CT molecular complexity index is 1250. The van der Waals surface area contributed by atoms with Crippen LogP contribution in [-0.2, 0) is 19.6 Å². The molecule has 2 fully saturated rings. The first-order chi connectivity index (χ1) is 19.6. The number of halogens is 3. The SMILES string of the molecule is CN1CCN(C(c2ccccc2)C2CCC(NC(=O)COCCN(C)S(=O)(=O)c3c(Cl)cc(Cl)cc3Cl)CC2)CC1. The average molecular weight is 646 g/mol. The predicted molar refractivity (Wildman–Crippen MR) is 164 cm³/mol. The largest absolute Gasteiger partial charge is 0.370 e. The first kappa shape index (κ1) is 32.5. The number of nitrogens with one attached hydrogen (secondary N) is 1. The lowest BCUT2D eigenvalue weighted by atomic mass is 9.78. The van der Waals surface area contributed by atoms with Gasteiger partial charge in [-0.2, -0.15) is 4.31 Å². The van der Waals surface area contributed by atoms with E-state index in [0.717, 1.165) is 56.2 Å². The van der Waals surface area contributed by atoms with Crippen LogP contribution in [-0.4, -0.2) is 94.5 Å². The van der Waals surface area contributed by atoms with Crippen LogP contribution in [0, 0.1) is 5.92 Å². The zero-order valence-electron chi connectivity index (χ0n) is 23.6. The highest BCUT2D eigenvalue weighted by atomic mass is 35.5. The molecule has 1 amide bonds. The Morgan fingerprint density at radius 1 is 1.02 bits per heavy atom. The van der Waals surface area contributed by atoms with Crippen LogP contribution in [0.5, 0.6) is 0 Å². The van der Waals surface area contributed by atoms with E-state index in [1.54, 1.807) is 0 Å². The lowest BCUT2D eigenvalue weighted by molar-refractivity contribution is -0.126. The van der Waals surface area contributed by atoms with Gasteiger partial charge in [-0.15, -0.1) is 0 Å². The molecule has 0 spiro atoms. The van der Waals surface area contributed by atoms with Crippen LogP contribution in [0.1, 0.15) is 37.3 Å². The van der Waals surface area contributed by atoms with Gasteiger partial charge in [0, 0.05) is 56.9 Å². The molecule has 0 aromatic heterocycles. The maximum absolute atomic E-state index is 12.9. The highest BCUT2D eigenvalue weighted by Gasteiger charge is 2.34. The summed E-state index contributed by atoms with van der Waals surface area (Å²) in [6.07, 6.45) is 3.96. The van der Waals surface area contributed by atoms with Crippen molar-refractivity contribution in [1.29, 1.82) is 0 Å². The third-order valence-corrected chi connectivity index (χ3v) is 11.1. The van der Waals surface area contributed by atoms with Crippen LogP contribution in [0.3, 0.4) is 0 Å². The molecule has 1 heterocycles. The molecule has 226 valence electrons. The molecule has 1 unspecified atom stereocenters. The van der Waals surface area contributed by atoms with Crippen molar-refractivity contribution < 1.29 is 17.9 Å². The Morgan fingerprint density at radius 3 is 2.24 bits per heavy atom. The number of likely N-dealkylation sites (N-methyl/N-ethyl adjacent to an activating group) is 2. The molecule has 1 saturated heterocycles. The number of nitrogens with zero attached hydrogens (tertiary/aromatic N) is 3. The molecule has 41 heavy (non-hydrogen) atoms. The number of amides is 1. The van der Waals surface area contributed by atoms with E-state index in [-0.39, 0.29) is 51.7 Å². The van der Waals surface area contributed by atoms with Crippen molar-refractivity contribution in [3.63, 3.8) is 0 Å². The second-order valence-electron chi connectivity index (χ2n) is 11.0. The Morgan fingerprint density at radius 2 is 1.63 bits per heavy atom. The van der Waals surface area contributed by atoms with E-state index in [9.17, 15) is 13.2 Å². The van der Waals surface area contributed by atoms with Gasteiger partial charge >= 0.3 is 0 Å². The van der Waals surface area contributed by atoms with E-state index in [1.807, 2.05) is 0 Å². The van der Waals surface area contributed by atoms with Gasteiger partial charge in [0.1, 0.15) is 11.5 Å². The smallest absolute Gasteiger partial charge is 0.246 e. The number of hydrogen-bond acceptors (Lipinski definition) is 6. The van der Waals surface area contributed by atoms with Crippen molar-refractivity contribution in [1.82, 2.24) is 19.4 Å². The zero-order valence-corrected chi connectivity index (χ0v) is 26.7. The molecule has 4 rings (SSSR count). The standard InChI is InChI=1S/C29H39Cl3N4O4S/c1-34-12-14-36(15-13-34)28(21-6-4-3-5-7-21)22-8-10-24(11-9-22)33-27(37)20-40-17-16-35(2)41(38,39)29-25(31)18-23(30)19-26(29)32/h3-7,18-19,22,24,28H,8-17,20H2,1-2H3,(H,33,37). The average Bonchev–Trinajstić information content (AvgIpc) is 2.93. The summed E-state index contributed by atoms with van der Waals surface area (Å²) in [4.78, 5) is 17.4. The van der Waals surface area contributed by atoms with Gasteiger partial charge in [-0.25, -0.2) is 8.42 Å². The molecule has 1 aliphatic heterocycles. The van der Waals surface area contributed by atoms with E-state index < -0.39 is 10.0 Å². The highest BCUT2D eigenvalue weighted by Crippen LogP contribution is 2.39. The highest BCUT2D eigenvalue weighted by molar-refractivity contribution is 7.89. The first-order valence-electron chi connectivity index (χ1n) is 14.0. The molecule has 0 bridgehead atoms. The molecule has 2 aromatic carbocycles. The fourth-order valence-electron chi connectivity index (χ4n) is 5.79. The fraction of sp³-hybridized carbons (Fsp3) is 0.552. The van der Waals surface area contributed by atoms with Gasteiger partial charge < -0.3 is 15.0 Å². The monoisotopic (exact) mass is 644 g/mol. The summed E-state index contributed by atoms with van der Waals surface area (Å²) in [6, 6.07) is 14.0. The van der Waals surface area contributed by atoms with Gasteiger partial charge in [-0.05, 0) is 56.3 Å². The molecule has 12 heteroatoms. The molecule has 1 atom stereocenters. The maximum atomic E-state index is 12.9. The topological polar surface area (TPSA) is 82.2 Å². The van der Waals surface area contributed by atoms with Crippen molar-refractivity contribution in [2.24, 2.45) is 5.92 Å². The Labute approximate surface area is 258 Å². The lowest BCUT2D eigenvalue weighted by Crippen LogP contribution is -2.48. The van der Waals surface area contributed by atoms with Crippen LogP contribution < -0.4 is 5.32 Å². The minimum absolute atomic E-state index is 0.0309. The Hall–Kier alpha value is -1.43. The van der Waals surface area contributed by atoms with Crippen LogP contribution in [0.2, 0.25) is 15.1 Å². The van der Waals surface area contributed by atoms with Crippen molar-refractivity contribution >= 4 is 50.7 Å². The molecule has 2 aliphatic rings. The Balaban J connectivity index is 1.22. The number of rotatable bonds is 11. The van der Waals surface area contributed by atoms with E-state index in [2.05, 4.69) is 52.5 Å². The predicted octanol–water partition coefficient (Wildman–Crippen LogP) is 4.95. The summed E-state index contributed by atoms with van der Waals surface area (Å²) in [5.74, 6) is 0.353. The summed E-state index contributed by atoms with van der Waals surface area (Å²) in [5, 5.41) is 3.24. The summed E-state index contributed by atoms with van der Waals surface area (Å²) < 4.78 is 32.5. The molecule has 1 N–H and O–H groups in total. The second-order valence-corrected chi connectivity index (χ2v) is 14.2. The van der Waals surface area contributed by atoms with Crippen molar-refractivity contribution in [2.75, 3.05) is 60.0 Å². The zero-order chi connectivity index (χ0) is 29.6. The quantitative estimate of drug-likeness (QED) is 0.349. The van der Waals surface area contributed by atoms with Crippen LogP contribution >= 0.6 is 34.8 Å². The lowest BCUT2D eigenvalue weighted by Gasteiger charge is -2.44. The van der Waals surface area contributed by atoms with Crippen LogP contribution in [0.15, 0.2) is 47.4 Å². The number of carbonyl (C=O) groups excluding carboxylic acids is 1. The summed E-state index contributed by atoms with van der Waals surface area (Å²) in [5.41, 5.74) is 1.38. The van der Waals surface area contributed by atoms with E-state index >= 15 is 0 Å². The molecule has 1 saturated carbocycles. The molecule has 1 aliphatic carbocycles. The van der Waals surface area contributed by atoms with Gasteiger partial charge in [0.15, 0.2) is 0 Å². The third-order valence-electron chi connectivity index (χ3n) is 8.07. The molecule has 8 nitrogen and oxygen atoms in total. The molecular formula is C29H39Cl3N4O4S.